The molecule has 1 aliphatic carbocycles. The smallest absolute Gasteiger partial charge is 0.119 e. The molecule has 2 aliphatic rings. The molecular weight excluding hydrogens is 260 g/mol. The highest BCUT2D eigenvalue weighted by Crippen LogP contribution is 2.32. The van der Waals surface area contributed by atoms with Crippen LogP contribution in [0.5, 0.6) is 5.75 Å². The summed E-state index contributed by atoms with van der Waals surface area (Å²) in [7, 11) is 3.98. The second kappa shape index (κ2) is 6.80. The van der Waals surface area contributed by atoms with Crippen LogP contribution in [0.1, 0.15) is 42.9 Å². The second-order valence-electron chi connectivity index (χ2n) is 6.66. The Morgan fingerprint density at radius 2 is 2.05 bits per heavy atom. The van der Waals surface area contributed by atoms with Crippen LogP contribution in [-0.2, 0) is 6.42 Å². The van der Waals surface area contributed by atoms with E-state index in [2.05, 4.69) is 35.5 Å². The average molecular weight is 288 g/mol. The Balaban J connectivity index is 1.62. The van der Waals surface area contributed by atoms with E-state index in [9.17, 15) is 0 Å². The minimum Gasteiger partial charge on any atom is -0.497 e. The second-order valence-corrected chi connectivity index (χ2v) is 6.66. The summed E-state index contributed by atoms with van der Waals surface area (Å²) in [6.45, 7) is 3.66. The lowest BCUT2D eigenvalue weighted by Gasteiger charge is -2.32. The zero-order chi connectivity index (χ0) is 14.7. The molecule has 1 saturated heterocycles. The van der Waals surface area contributed by atoms with Crippen molar-refractivity contribution in [3.8, 4) is 5.75 Å². The molecule has 0 radical (unpaired) electrons. The molecule has 1 aromatic rings. The van der Waals surface area contributed by atoms with E-state index in [1.54, 1.807) is 7.11 Å². The summed E-state index contributed by atoms with van der Waals surface area (Å²) in [5.74, 6) is 1.83. The zero-order valence-electron chi connectivity index (χ0n) is 13.4. The Morgan fingerprint density at radius 1 is 1.24 bits per heavy atom. The first-order chi connectivity index (χ1) is 10.3. The molecule has 1 aromatic carbocycles. The lowest BCUT2D eigenvalue weighted by molar-refractivity contribution is 0.211. The summed E-state index contributed by atoms with van der Waals surface area (Å²) in [6.07, 6.45) is 6.44. The maximum absolute atomic E-state index is 5.40. The van der Waals surface area contributed by atoms with Crippen LogP contribution in [0.25, 0.3) is 0 Å². The van der Waals surface area contributed by atoms with Crippen LogP contribution in [0, 0.1) is 5.92 Å². The Labute approximate surface area is 128 Å². The number of likely N-dealkylation sites (tertiary alicyclic amines) is 1. The summed E-state index contributed by atoms with van der Waals surface area (Å²) in [4.78, 5) is 2.44. The molecule has 0 saturated carbocycles. The molecule has 3 nitrogen and oxygen atoms in total. The fourth-order valence-electron chi connectivity index (χ4n) is 3.69. The summed E-state index contributed by atoms with van der Waals surface area (Å²) >= 11 is 0. The third-order valence-corrected chi connectivity index (χ3v) is 5.16. The van der Waals surface area contributed by atoms with Crippen molar-refractivity contribution in [1.29, 1.82) is 0 Å². The number of hydrogen-bond acceptors (Lipinski definition) is 3. The fraction of sp³-hybridized carbons (Fsp3) is 0.667. The molecule has 1 aliphatic heterocycles. The SMILES string of the molecule is COc1ccc2c(c1)C(NCC1CCN(C)CC1)CCC2. The van der Waals surface area contributed by atoms with E-state index >= 15 is 0 Å². The first kappa shape index (κ1) is 14.9. The lowest BCUT2D eigenvalue weighted by Crippen LogP contribution is -2.36. The number of nitrogens with zero attached hydrogens (tertiary/aromatic N) is 1. The molecule has 1 atom stereocenters. The molecule has 3 heteroatoms. The first-order valence-corrected chi connectivity index (χ1v) is 8.35. The molecule has 1 heterocycles. The van der Waals surface area contributed by atoms with Gasteiger partial charge < -0.3 is 15.0 Å². The molecule has 1 N–H and O–H groups in total. The number of fused-ring (bicyclic) bond motifs is 1. The minimum absolute atomic E-state index is 0.517. The van der Waals surface area contributed by atoms with E-state index in [-0.39, 0.29) is 0 Å². The lowest BCUT2D eigenvalue weighted by atomic mass is 9.87. The summed E-state index contributed by atoms with van der Waals surface area (Å²) in [5, 5.41) is 3.84. The minimum atomic E-state index is 0.517. The van der Waals surface area contributed by atoms with Crippen molar-refractivity contribution in [3.05, 3.63) is 29.3 Å². The van der Waals surface area contributed by atoms with Crippen molar-refractivity contribution in [2.45, 2.75) is 38.1 Å². The van der Waals surface area contributed by atoms with Crippen LogP contribution in [0.15, 0.2) is 18.2 Å². The van der Waals surface area contributed by atoms with Gasteiger partial charge in [-0.3, -0.25) is 0 Å². The number of rotatable bonds is 4. The van der Waals surface area contributed by atoms with Crippen molar-refractivity contribution < 1.29 is 4.74 Å². The van der Waals surface area contributed by atoms with Gasteiger partial charge in [0.15, 0.2) is 0 Å². The summed E-state index contributed by atoms with van der Waals surface area (Å²) in [5.41, 5.74) is 2.97. The van der Waals surface area contributed by atoms with Gasteiger partial charge in [0, 0.05) is 6.04 Å². The molecule has 0 bridgehead atoms. The predicted molar refractivity (Wildman–Crippen MR) is 86.9 cm³/mol. The molecule has 116 valence electrons. The number of nitrogens with one attached hydrogen (secondary N) is 1. The van der Waals surface area contributed by atoms with Crippen molar-refractivity contribution in [1.82, 2.24) is 10.2 Å². The third-order valence-electron chi connectivity index (χ3n) is 5.16. The highest BCUT2D eigenvalue weighted by atomic mass is 16.5. The van der Waals surface area contributed by atoms with Gasteiger partial charge in [0.25, 0.3) is 0 Å². The van der Waals surface area contributed by atoms with Gasteiger partial charge in [-0.2, -0.15) is 0 Å². The Kier molecular flexibility index (Phi) is 4.81. The summed E-state index contributed by atoms with van der Waals surface area (Å²) in [6, 6.07) is 7.10. The van der Waals surface area contributed by atoms with E-state index in [1.807, 2.05) is 0 Å². The molecule has 0 amide bonds. The highest BCUT2D eigenvalue weighted by molar-refractivity contribution is 5.39. The largest absolute Gasteiger partial charge is 0.497 e. The van der Waals surface area contributed by atoms with Crippen LogP contribution in [-0.4, -0.2) is 38.7 Å². The van der Waals surface area contributed by atoms with Crippen LogP contribution >= 0.6 is 0 Å². The number of benzene rings is 1. The van der Waals surface area contributed by atoms with Gasteiger partial charge in [0.1, 0.15) is 5.75 Å². The van der Waals surface area contributed by atoms with E-state index < -0.39 is 0 Å². The fourth-order valence-corrected chi connectivity index (χ4v) is 3.69. The molecule has 1 fully saturated rings. The standard InChI is InChI=1S/C18H28N2O/c1-20-10-8-14(9-11-20)13-19-18-5-3-4-15-6-7-16(21-2)12-17(15)18/h6-7,12,14,18-19H,3-5,8-11,13H2,1-2H3. The van der Waals surface area contributed by atoms with Gasteiger partial charge in [-0.1, -0.05) is 6.07 Å². The number of methoxy groups -OCH3 is 1. The highest BCUT2D eigenvalue weighted by Gasteiger charge is 2.23. The Hall–Kier alpha value is -1.06. The van der Waals surface area contributed by atoms with Crippen LogP contribution in [0.2, 0.25) is 0 Å². The number of aryl methyl sites for hydroxylation is 1. The van der Waals surface area contributed by atoms with E-state index in [0.29, 0.717) is 6.04 Å². The number of piperidine rings is 1. The van der Waals surface area contributed by atoms with Gasteiger partial charge in [-0.05, 0) is 88.0 Å². The van der Waals surface area contributed by atoms with Gasteiger partial charge in [0.05, 0.1) is 7.11 Å². The first-order valence-electron chi connectivity index (χ1n) is 8.35. The Bertz CT molecular complexity index is 466. The van der Waals surface area contributed by atoms with Crippen molar-refractivity contribution >= 4 is 0 Å². The zero-order valence-corrected chi connectivity index (χ0v) is 13.4. The van der Waals surface area contributed by atoms with Gasteiger partial charge in [0.2, 0.25) is 0 Å². The molecule has 0 aromatic heterocycles. The molecular formula is C18H28N2O. The van der Waals surface area contributed by atoms with E-state index in [0.717, 1.165) is 18.2 Å². The molecule has 0 spiro atoms. The van der Waals surface area contributed by atoms with Crippen LogP contribution in [0.3, 0.4) is 0 Å². The molecule has 21 heavy (non-hydrogen) atoms. The number of hydrogen-bond donors (Lipinski definition) is 1. The summed E-state index contributed by atoms with van der Waals surface area (Å²) < 4.78 is 5.40. The number of ether oxygens (including phenoxy) is 1. The topological polar surface area (TPSA) is 24.5 Å². The van der Waals surface area contributed by atoms with Gasteiger partial charge in [-0.25, -0.2) is 0 Å². The van der Waals surface area contributed by atoms with Crippen molar-refractivity contribution in [3.63, 3.8) is 0 Å². The normalized spacial score (nSPS) is 23.8. The quantitative estimate of drug-likeness (QED) is 0.922. The van der Waals surface area contributed by atoms with Crippen LogP contribution in [0.4, 0.5) is 0 Å². The average Bonchev–Trinajstić information content (AvgIpc) is 2.54. The Morgan fingerprint density at radius 3 is 2.81 bits per heavy atom. The van der Waals surface area contributed by atoms with Gasteiger partial charge >= 0.3 is 0 Å². The maximum Gasteiger partial charge on any atom is 0.119 e. The maximum atomic E-state index is 5.40. The van der Waals surface area contributed by atoms with Crippen molar-refractivity contribution in [2.24, 2.45) is 5.92 Å². The molecule has 3 rings (SSSR count). The van der Waals surface area contributed by atoms with E-state index in [4.69, 9.17) is 4.74 Å². The van der Waals surface area contributed by atoms with Crippen molar-refractivity contribution in [2.75, 3.05) is 33.8 Å². The van der Waals surface area contributed by atoms with Gasteiger partial charge in [-0.15, -0.1) is 0 Å². The third kappa shape index (κ3) is 3.58. The van der Waals surface area contributed by atoms with Crippen LogP contribution < -0.4 is 10.1 Å². The van der Waals surface area contributed by atoms with E-state index in [1.165, 1.54) is 56.3 Å². The predicted octanol–water partition coefficient (Wildman–Crippen LogP) is 3.00. The monoisotopic (exact) mass is 288 g/mol. The molecule has 1 unspecified atom stereocenters.